The first-order chi connectivity index (χ1) is 37.3. The van der Waals surface area contributed by atoms with E-state index in [-0.39, 0.29) is 101 Å². The molecule has 1 unspecified atom stereocenters. The molecule has 78 heavy (non-hydrogen) atoms. The third kappa shape index (κ3) is 21.7. The van der Waals surface area contributed by atoms with E-state index in [1.165, 1.54) is 17.1 Å². The van der Waals surface area contributed by atoms with Crippen molar-refractivity contribution < 1.29 is 66.4 Å². The molecule has 0 saturated carbocycles. The zero-order valence-electron chi connectivity index (χ0n) is 45.6. The molecule has 7 amide bonds. The van der Waals surface area contributed by atoms with Gasteiger partial charge in [-0.25, -0.2) is 13.8 Å². The van der Waals surface area contributed by atoms with Gasteiger partial charge in [0.1, 0.15) is 36.1 Å². The van der Waals surface area contributed by atoms with Crippen molar-refractivity contribution in [3.63, 3.8) is 0 Å². The molecule has 2 aromatic carbocycles. The molecule has 0 fully saturated rings. The number of carbonyl (C=O) groups excluding carboxylic acids is 7. The maximum absolute atomic E-state index is 15.2. The SMILES string of the molecule is CC(C)C(NC(=O)CCOCCOCCOCCOCCNC(=O)CCN1C(=O)C=CC1=O)C(=O)N[C@@H](CCCCN)C(=O)NCCCN(C(=O)CO)[C@@H](c1nc(-c2cc(F)ccc2F)cn1Cc1ccccc1)C(C)(C)C. The fraction of sp³-hybridized carbons (Fsp3) is 0.564. The third-order valence-corrected chi connectivity index (χ3v) is 12.4. The van der Waals surface area contributed by atoms with Crippen LogP contribution in [0, 0.1) is 23.0 Å². The number of carbonyl (C=O) groups is 7. The minimum atomic E-state index is -0.972. The van der Waals surface area contributed by atoms with Gasteiger partial charge in [-0.15, -0.1) is 0 Å². The quantitative estimate of drug-likeness (QED) is 0.0358. The number of benzene rings is 2. The van der Waals surface area contributed by atoms with E-state index in [0.717, 1.165) is 28.7 Å². The maximum atomic E-state index is 15.2. The molecule has 0 saturated heterocycles. The number of nitrogens with zero attached hydrogens (tertiary/aromatic N) is 4. The molecule has 430 valence electrons. The monoisotopic (exact) mass is 1100 g/mol. The van der Waals surface area contributed by atoms with Gasteiger partial charge in [-0.05, 0) is 67.3 Å². The number of unbranched alkanes of at least 4 members (excludes halogenated alkanes) is 1. The molecule has 0 radical (unpaired) electrons. The Morgan fingerprint density at radius 1 is 0.769 bits per heavy atom. The van der Waals surface area contributed by atoms with E-state index < -0.39 is 77.2 Å². The lowest BCUT2D eigenvalue weighted by Crippen LogP contribution is -2.55. The van der Waals surface area contributed by atoms with Crippen molar-refractivity contribution in [3.05, 3.63) is 89.9 Å². The summed E-state index contributed by atoms with van der Waals surface area (Å²) in [6, 6.07) is 9.84. The summed E-state index contributed by atoms with van der Waals surface area (Å²) in [7, 11) is 0. The van der Waals surface area contributed by atoms with Crippen LogP contribution < -0.4 is 27.0 Å². The number of imidazole rings is 1. The van der Waals surface area contributed by atoms with Crippen LogP contribution in [0.4, 0.5) is 8.78 Å². The van der Waals surface area contributed by atoms with Gasteiger partial charge < -0.3 is 60.5 Å². The van der Waals surface area contributed by atoms with Gasteiger partial charge in [0.05, 0.1) is 64.6 Å². The molecule has 0 bridgehead atoms. The van der Waals surface area contributed by atoms with Crippen LogP contribution >= 0.6 is 0 Å². The van der Waals surface area contributed by atoms with Gasteiger partial charge >= 0.3 is 0 Å². The normalized spacial score (nSPS) is 13.6. The number of rotatable bonds is 37. The van der Waals surface area contributed by atoms with Crippen LogP contribution in [0.5, 0.6) is 0 Å². The standard InChI is InChI=1S/C55H79F2N9O12/c1-38(2)50(63-46(69)20-26-75-28-30-77-32-33-78-31-29-76-27-23-59-45(68)19-25-65-47(70)17-18-48(65)71)54(74)62-43(14-9-10-21-58)53(73)60-22-11-24-66(49(72)37-67)51(55(3,4)5)52-61-44(41-34-40(56)15-16-42(41)57)36-64(52)35-39-12-7-6-8-13-39/h6-8,12-13,15-18,34,36,38,43,50-51,67H,9-11,14,19-33,35,37,58H2,1-5H3,(H,59,68)(H,60,73)(H,62,74)(H,63,69)/t43-,50?,51-/m0/s1. The molecule has 0 aliphatic carbocycles. The highest BCUT2D eigenvalue weighted by Crippen LogP contribution is 2.39. The number of nitrogens with two attached hydrogens (primary N) is 1. The lowest BCUT2D eigenvalue weighted by molar-refractivity contribution is -0.140. The smallest absolute Gasteiger partial charge is 0.253 e. The first-order valence-corrected chi connectivity index (χ1v) is 26.5. The Bertz CT molecular complexity index is 2420. The Labute approximate surface area is 455 Å². The minimum absolute atomic E-state index is 0.00145. The van der Waals surface area contributed by atoms with Crippen LogP contribution in [0.25, 0.3) is 11.3 Å². The van der Waals surface area contributed by atoms with Gasteiger partial charge in [-0.1, -0.05) is 65.0 Å². The number of hydrogen-bond donors (Lipinski definition) is 6. The fourth-order valence-corrected chi connectivity index (χ4v) is 8.39. The van der Waals surface area contributed by atoms with Crippen molar-refractivity contribution in [2.24, 2.45) is 17.1 Å². The van der Waals surface area contributed by atoms with E-state index in [1.807, 2.05) is 51.1 Å². The van der Waals surface area contributed by atoms with Crippen LogP contribution in [0.15, 0.2) is 66.9 Å². The molecule has 1 aliphatic rings. The molecule has 21 nitrogen and oxygen atoms in total. The highest BCUT2D eigenvalue weighted by molar-refractivity contribution is 6.13. The number of ether oxygens (including phenoxy) is 4. The van der Waals surface area contributed by atoms with Crippen molar-refractivity contribution in [3.8, 4) is 11.3 Å². The predicted octanol–water partition coefficient (Wildman–Crippen LogP) is 2.93. The molecule has 3 atom stereocenters. The summed E-state index contributed by atoms with van der Waals surface area (Å²) in [6.07, 6.45) is 5.55. The number of hydrogen-bond acceptors (Lipinski definition) is 14. The Kier molecular flexibility index (Phi) is 27.7. The number of nitrogens with one attached hydrogen (secondary N) is 4. The predicted molar refractivity (Wildman–Crippen MR) is 285 cm³/mol. The summed E-state index contributed by atoms with van der Waals surface area (Å²) in [5, 5.41) is 21.4. The number of aromatic nitrogens is 2. The molecule has 0 spiro atoms. The number of halogens is 2. The number of aliphatic hydroxyl groups is 1. The van der Waals surface area contributed by atoms with E-state index in [9.17, 15) is 43.1 Å². The summed E-state index contributed by atoms with van der Waals surface area (Å²) in [6.45, 7) is 11.5. The van der Waals surface area contributed by atoms with Crippen LogP contribution in [0.1, 0.15) is 90.6 Å². The van der Waals surface area contributed by atoms with Crippen molar-refractivity contribution in [2.75, 3.05) is 92.2 Å². The van der Waals surface area contributed by atoms with E-state index in [2.05, 4.69) is 21.3 Å². The van der Waals surface area contributed by atoms with Crippen LogP contribution in [0.2, 0.25) is 0 Å². The topological polar surface area (TPSA) is 275 Å². The second kappa shape index (κ2) is 33.7. The van der Waals surface area contributed by atoms with Gasteiger partial charge in [-0.2, -0.15) is 0 Å². The molecular weight excluding hydrogens is 1020 g/mol. The summed E-state index contributed by atoms with van der Waals surface area (Å²) in [5.41, 5.74) is 6.05. The van der Waals surface area contributed by atoms with E-state index in [4.69, 9.17) is 29.7 Å². The zero-order valence-corrected chi connectivity index (χ0v) is 45.6. The van der Waals surface area contributed by atoms with Crippen LogP contribution in [-0.2, 0) is 59.1 Å². The second-order valence-corrected chi connectivity index (χ2v) is 20.0. The summed E-state index contributed by atoms with van der Waals surface area (Å²) < 4.78 is 53.4. The van der Waals surface area contributed by atoms with E-state index >= 15 is 4.39 Å². The average molecular weight is 1100 g/mol. The number of amides is 7. The Hall–Kier alpha value is -6.50. The Balaban J connectivity index is 1.21. The second-order valence-electron chi connectivity index (χ2n) is 20.0. The summed E-state index contributed by atoms with van der Waals surface area (Å²) in [5.74, 6) is -4.49. The molecule has 2 heterocycles. The largest absolute Gasteiger partial charge is 0.387 e. The van der Waals surface area contributed by atoms with Crippen LogP contribution in [-0.4, -0.2) is 170 Å². The van der Waals surface area contributed by atoms with Crippen molar-refractivity contribution in [1.82, 2.24) is 40.6 Å². The lowest BCUT2D eigenvalue weighted by atomic mass is 9.84. The molecular formula is C55H79F2N9O12. The van der Waals surface area contributed by atoms with Gasteiger partial charge in [0, 0.05) is 69.5 Å². The van der Waals surface area contributed by atoms with E-state index in [1.54, 1.807) is 24.6 Å². The fourth-order valence-electron chi connectivity index (χ4n) is 8.39. The van der Waals surface area contributed by atoms with Crippen molar-refractivity contribution in [1.29, 1.82) is 0 Å². The highest BCUT2D eigenvalue weighted by Gasteiger charge is 2.38. The molecule has 1 aliphatic heterocycles. The summed E-state index contributed by atoms with van der Waals surface area (Å²) in [4.78, 5) is 96.5. The van der Waals surface area contributed by atoms with Crippen molar-refractivity contribution >= 4 is 41.4 Å². The Morgan fingerprint density at radius 3 is 2.03 bits per heavy atom. The maximum Gasteiger partial charge on any atom is 0.253 e. The molecule has 7 N–H and O–H groups in total. The van der Waals surface area contributed by atoms with Gasteiger partial charge in [-0.3, -0.25) is 38.5 Å². The van der Waals surface area contributed by atoms with E-state index in [0.29, 0.717) is 58.2 Å². The van der Waals surface area contributed by atoms with Gasteiger partial charge in [0.15, 0.2) is 0 Å². The third-order valence-electron chi connectivity index (χ3n) is 12.4. The number of aliphatic hydroxyl groups excluding tert-OH is 1. The van der Waals surface area contributed by atoms with Crippen molar-refractivity contribution in [2.45, 2.75) is 97.8 Å². The molecule has 4 rings (SSSR count). The molecule has 3 aromatic rings. The lowest BCUT2D eigenvalue weighted by Gasteiger charge is -2.40. The Morgan fingerprint density at radius 2 is 1.41 bits per heavy atom. The first kappa shape index (κ1) is 64.0. The average Bonchev–Trinajstić information content (AvgIpc) is 3.96. The minimum Gasteiger partial charge on any atom is -0.387 e. The molecule has 23 heteroatoms. The van der Waals surface area contributed by atoms with Crippen LogP contribution in [0.3, 0.4) is 0 Å². The first-order valence-electron chi connectivity index (χ1n) is 26.5. The molecule has 1 aromatic heterocycles. The number of imide groups is 1. The zero-order chi connectivity index (χ0) is 57.0. The van der Waals surface area contributed by atoms with Gasteiger partial charge in [0.2, 0.25) is 29.5 Å². The van der Waals surface area contributed by atoms with Gasteiger partial charge in [0.25, 0.3) is 11.8 Å². The highest BCUT2D eigenvalue weighted by atomic mass is 19.1. The summed E-state index contributed by atoms with van der Waals surface area (Å²) >= 11 is 0.